The molecule has 0 aliphatic carbocycles. The van der Waals surface area contributed by atoms with E-state index in [9.17, 15) is 18.8 Å². The lowest BCUT2D eigenvalue weighted by molar-refractivity contribution is -0.122. The van der Waals surface area contributed by atoms with Crippen LogP contribution in [0.2, 0.25) is 0 Å². The second-order valence-corrected chi connectivity index (χ2v) is 7.73. The molecule has 1 unspecified atom stereocenters. The standard InChI is InChI=1S/C23H24FN3O3/c1-2-15-5-8-18(9-6-15)27-14-16(12-22(27)29)23(30)25-17-7-10-20(19(24)13-17)26-11-3-4-21(26)28/h5-10,13,16H,2-4,11-12,14H2,1H3,(H,25,30). The smallest absolute Gasteiger partial charge is 0.229 e. The zero-order chi connectivity index (χ0) is 21.3. The maximum atomic E-state index is 14.5. The minimum Gasteiger partial charge on any atom is -0.326 e. The number of hydrogen-bond donors (Lipinski definition) is 1. The van der Waals surface area contributed by atoms with Crippen molar-refractivity contribution in [2.75, 3.05) is 28.2 Å². The average molecular weight is 409 g/mol. The quantitative estimate of drug-likeness (QED) is 0.822. The van der Waals surface area contributed by atoms with Crippen LogP contribution in [0.25, 0.3) is 0 Å². The SMILES string of the molecule is CCc1ccc(N2CC(C(=O)Nc3ccc(N4CCCC4=O)c(F)c3)CC2=O)cc1. The lowest BCUT2D eigenvalue weighted by Crippen LogP contribution is -2.28. The molecule has 2 heterocycles. The van der Waals surface area contributed by atoms with Crippen LogP contribution in [0.3, 0.4) is 0 Å². The fourth-order valence-corrected chi connectivity index (χ4v) is 4.00. The Bertz CT molecular complexity index is 990. The van der Waals surface area contributed by atoms with Gasteiger partial charge >= 0.3 is 0 Å². The van der Waals surface area contributed by atoms with E-state index >= 15 is 0 Å². The summed E-state index contributed by atoms with van der Waals surface area (Å²) < 4.78 is 14.5. The molecular weight excluding hydrogens is 385 g/mol. The number of amides is 3. The Hall–Kier alpha value is -3.22. The summed E-state index contributed by atoms with van der Waals surface area (Å²) in [6.45, 7) is 2.86. The first-order valence-electron chi connectivity index (χ1n) is 10.3. The molecule has 0 saturated carbocycles. The summed E-state index contributed by atoms with van der Waals surface area (Å²) >= 11 is 0. The second-order valence-electron chi connectivity index (χ2n) is 7.73. The topological polar surface area (TPSA) is 69.7 Å². The first-order chi connectivity index (χ1) is 14.5. The number of rotatable bonds is 5. The normalized spacial score (nSPS) is 18.9. The number of halogens is 1. The Morgan fingerprint density at radius 3 is 2.50 bits per heavy atom. The molecule has 4 rings (SSSR count). The number of carbonyl (C=O) groups is 3. The fraction of sp³-hybridized carbons (Fsp3) is 0.348. The molecule has 2 aromatic carbocycles. The van der Waals surface area contributed by atoms with E-state index < -0.39 is 11.7 Å². The summed E-state index contributed by atoms with van der Waals surface area (Å²) in [5.41, 5.74) is 2.50. The number of hydrogen-bond acceptors (Lipinski definition) is 3. The molecule has 6 nitrogen and oxygen atoms in total. The van der Waals surface area contributed by atoms with Crippen LogP contribution < -0.4 is 15.1 Å². The van der Waals surface area contributed by atoms with Gasteiger partial charge in [-0.1, -0.05) is 19.1 Å². The molecule has 2 aromatic rings. The lowest BCUT2D eigenvalue weighted by Gasteiger charge is -2.18. The van der Waals surface area contributed by atoms with Crippen LogP contribution in [0, 0.1) is 11.7 Å². The van der Waals surface area contributed by atoms with E-state index in [1.807, 2.05) is 24.3 Å². The summed E-state index contributed by atoms with van der Waals surface area (Å²) in [7, 11) is 0. The number of carbonyl (C=O) groups excluding carboxylic acids is 3. The number of anilines is 3. The highest BCUT2D eigenvalue weighted by atomic mass is 19.1. The van der Waals surface area contributed by atoms with E-state index in [0.29, 0.717) is 31.6 Å². The van der Waals surface area contributed by atoms with Gasteiger partial charge in [0.1, 0.15) is 5.82 Å². The molecule has 156 valence electrons. The van der Waals surface area contributed by atoms with Crippen molar-refractivity contribution in [1.82, 2.24) is 0 Å². The summed E-state index contributed by atoms with van der Waals surface area (Å²) in [5.74, 6) is -1.58. The maximum absolute atomic E-state index is 14.5. The van der Waals surface area contributed by atoms with Gasteiger partial charge in [0.15, 0.2) is 0 Å². The number of nitrogens with one attached hydrogen (secondary N) is 1. The predicted molar refractivity (Wildman–Crippen MR) is 113 cm³/mol. The van der Waals surface area contributed by atoms with E-state index in [0.717, 1.165) is 12.1 Å². The minimum atomic E-state index is -0.553. The Kier molecular flexibility index (Phi) is 5.53. The average Bonchev–Trinajstić information content (AvgIpc) is 3.34. The van der Waals surface area contributed by atoms with Crippen molar-refractivity contribution in [2.45, 2.75) is 32.6 Å². The van der Waals surface area contributed by atoms with Crippen LogP contribution in [0.1, 0.15) is 31.7 Å². The van der Waals surface area contributed by atoms with E-state index in [1.54, 1.807) is 11.0 Å². The van der Waals surface area contributed by atoms with Gasteiger partial charge in [-0.15, -0.1) is 0 Å². The van der Waals surface area contributed by atoms with Gasteiger partial charge in [-0.2, -0.15) is 0 Å². The van der Waals surface area contributed by atoms with Crippen LogP contribution in [-0.2, 0) is 20.8 Å². The molecule has 1 N–H and O–H groups in total. The van der Waals surface area contributed by atoms with Gasteiger partial charge in [-0.05, 0) is 48.7 Å². The van der Waals surface area contributed by atoms with Crippen molar-refractivity contribution in [3.05, 3.63) is 53.8 Å². The largest absolute Gasteiger partial charge is 0.326 e. The zero-order valence-electron chi connectivity index (χ0n) is 16.9. The number of benzene rings is 2. The number of aryl methyl sites for hydroxylation is 1. The Balaban J connectivity index is 1.42. The summed E-state index contributed by atoms with van der Waals surface area (Å²) in [5, 5.41) is 2.70. The molecule has 1 atom stereocenters. The van der Waals surface area contributed by atoms with E-state index in [2.05, 4.69) is 12.2 Å². The highest BCUT2D eigenvalue weighted by Crippen LogP contribution is 2.29. The van der Waals surface area contributed by atoms with Gasteiger partial charge in [0.25, 0.3) is 0 Å². The molecule has 0 spiro atoms. The molecule has 0 radical (unpaired) electrons. The zero-order valence-corrected chi connectivity index (χ0v) is 16.9. The van der Waals surface area contributed by atoms with E-state index in [-0.39, 0.29) is 29.8 Å². The molecule has 2 aliphatic heterocycles. The van der Waals surface area contributed by atoms with Crippen LogP contribution in [0.4, 0.5) is 21.5 Å². The van der Waals surface area contributed by atoms with Crippen LogP contribution in [0.5, 0.6) is 0 Å². The molecule has 0 aromatic heterocycles. The summed E-state index contributed by atoms with van der Waals surface area (Å²) in [4.78, 5) is 40.0. The van der Waals surface area contributed by atoms with E-state index in [1.165, 1.54) is 22.6 Å². The summed E-state index contributed by atoms with van der Waals surface area (Å²) in [6, 6.07) is 12.1. The van der Waals surface area contributed by atoms with Crippen molar-refractivity contribution in [3.63, 3.8) is 0 Å². The number of nitrogens with zero attached hydrogens (tertiary/aromatic N) is 2. The Morgan fingerprint density at radius 2 is 1.87 bits per heavy atom. The predicted octanol–water partition coefficient (Wildman–Crippen LogP) is 3.51. The first-order valence-corrected chi connectivity index (χ1v) is 10.3. The molecular formula is C23H24FN3O3. The molecule has 2 fully saturated rings. The Morgan fingerprint density at radius 1 is 1.10 bits per heavy atom. The Labute approximate surface area is 174 Å². The van der Waals surface area contributed by atoms with Gasteiger partial charge < -0.3 is 15.1 Å². The third kappa shape index (κ3) is 3.92. The van der Waals surface area contributed by atoms with Gasteiger partial charge in [0, 0.05) is 37.3 Å². The highest BCUT2D eigenvalue weighted by Gasteiger charge is 2.35. The van der Waals surface area contributed by atoms with Gasteiger partial charge in [0.2, 0.25) is 17.7 Å². The molecule has 2 aliphatic rings. The first kappa shape index (κ1) is 20.1. The van der Waals surface area contributed by atoms with Crippen LogP contribution in [-0.4, -0.2) is 30.8 Å². The van der Waals surface area contributed by atoms with Crippen molar-refractivity contribution in [1.29, 1.82) is 0 Å². The van der Waals surface area contributed by atoms with Crippen molar-refractivity contribution < 1.29 is 18.8 Å². The third-order valence-electron chi connectivity index (χ3n) is 5.73. The maximum Gasteiger partial charge on any atom is 0.229 e. The molecule has 7 heteroatoms. The van der Waals surface area contributed by atoms with Crippen molar-refractivity contribution in [2.24, 2.45) is 5.92 Å². The van der Waals surface area contributed by atoms with Crippen LogP contribution >= 0.6 is 0 Å². The molecule has 30 heavy (non-hydrogen) atoms. The lowest BCUT2D eigenvalue weighted by atomic mass is 10.1. The highest BCUT2D eigenvalue weighted by molar-refractivity contribution is 6.03. The van der Waals surface area contributed by atoms with Crippen molar-refractivity contribution in [3.8, 4) is 0 Å². The van der Waals surface area contributed by atoms with Gasteiger partial charge in [-0.25, -0.2) is 4.39 Å². The third-order valence-corrected chi connectivity index (χ3v) is 5.73. The van der Waals surface area contributed by atoms with Crippen LogP contribution in [0.15, 0.2) is 42.5 Å². The molecule has 2 saturated heterocycles. The monoisotopic (exact) mass is 409 g/mol. The van der Waals surface area contributed by atoms with Crippen molar-refractivity contribution >= 4 is 34.8 Å². The van der Waals surface area contributed by atoms with E-state index in [4.69, 9.17) is 0 Å². The molecule has 3 amide bonds. The van der Waals surface area contributed by atoms with Gasteiger partial charge in [-0.3, -0.25) is 14.4 Å². The fourth-order valence-electron chi connectivity index (χ4n) is 4.00. The second kappa shape index (κ2) is 8.26. The summed E-state index contributed by atoms with van der Waals surface area (Å²) in [6.07, 6.45) is 2.17. The van der Waals surface area contributed by atoms with Gasteiger partial charge in [0.05, 0.1) is 11.6 Å². The molecule has 0 bridgehead atoms. The minimum absolute atomic E-state index is 0.0952.